The second-order valence-corrected chi connectivity index (χ2v) is 8.08. The molecule has 29 heavy (non-hydrogen) atoms. The maximum atomic E-state index is 11.7. The maximum absolute atomic E-state index is 11.7. The van der Waals surface area contributed by atoms with E-state index in [1.54, 1.807) is 0 Å². The van der Waals surface area contributed by atoms with Crippen molar-refractivity contribution in [2.75, 3.05) is 30.5 Å². The van der Waals surface area contributed by atoms with Gasteiger partial charge in [-0.05, 0) is 37.3 Å². The first-order valence-corrected chi connectivity index (χ1v) is 10.2. The molecule has 2 saturated heterocycles. The predicted molar refractivity (Wildman–Crippen MR) is 112 cm³/mol. The molecule has 152 valence electrons. The van der Waals surface area contributed by atoms with Gasteiger partial charge >= 0.3 is 0 Å². The highest BCUT2D eigenvalue weighted by Crippen LogP contribution is 2.30. The van der Waals surface area contributed by atoms with Gasteiger partial charge in [0, 0.05) is 49.7 Å². The van der Waals surface area contributed by atoms with Crippen molar-refractivity contribution in [2.45, 2.75) is 44.2 Å². The number of amides is 1. The number of hydrogen-bond acceptors (Lipinski definition) is 6. The van der Waals surface area contributed by atoms with Gasteiger partial charge in [0.05, 0.1) is 12.6 Å². The van der Waals surface area contributed by atoms with Crippen LogP contribution in [0.2, 0.25) is 0 Å². The average molecular weight is 394 g/mol. The smallest absolute Gasteiger partial charge is 0.228 e. The van der Waals surface area contributed by atoms with Crippen LogP contribution in [0, 0.1) is 0 Å². The second kappa shape index (κ2) is 7.18. The van der Waals surface area contributed by atoms with Gasteiger partial charge in [-0.1, -0.05) is 6.58 Å². The third-order valence-electron chi connectivity index (χ3n) is 5.87. The lowest BCUT2D eigenvalue weighted by Gasteiger charge is -2.32. The molecule has 8 nitrogen and oxygen atoms in total. The summed E-state index contributed by atoms with van der Waals surface area (Å²) in [6.45, 7) is 5.52. The first kappa shape index (κ1) is 18.2. The summed E-state index contributed by atoms with van der Waals surface area (Å²) in [5.41, 5.74) is 3.20. The molecule has 0 atom stereocenters. The minimum absolute atomic E-state index is 0.0262. The fraction of sp³-hybridized carbons (Fsp3) is 0.476. The van der Waals surface area contributed by atoms with Crippen LogP contribution in [0.4, 0.5) is 11.6 Å². The second-order valence-electron chi connectivity index (χ2n) is 8.08. The first-order valence-electron chi connectivity index (χ1n) is 10.2. The van der Waals surface area contributed by atoms with Crippen LogP contribution >= 0.6 is 0 Å². The number of allylic oxidation sites excluding steroid dienone is 1. The number of nitrogens with one attached hydrogen (secondary N) is 2. The van der Waals surface area contributed by atoms with E-state index < -0.39 is 0 Å². The molecule has 1 saturated carbocycles. The Morgan fingerprint density at radius 1 is 1.34 bits per heavy atom. The minimum atomic E-state index is -0.0262. The number of hydrogen-bond donors (Lipinski definition) is 2. The fourth-order valence-electron chi connectivity index (χ4n) is 3.95. The van der Waals surface area contributed by atoms with Gasteiger partial charge in [0.15, 0.2) is 5.65 Å². The molecule has 2 aromatic rings. The summed E-state index contributed by atoms with van der Waals surface area (Å²) < 4.78 is 7.38. The molecule has 2 aliphatic heterocycles. The van der Waals surface area contributed by atoms with Gasteiger partial charge in [-0.2, -0.15) is 9.61 Å². The lowest BCUT2D eigenvalue weighted by atomic mass is 10.1. The summed E-state index contributed by atoms with van der Waals surface area (Å²) in [5, 5.41) is 10.9. The van der Waals surface area contributed by atoms with E-state index in [9.17, 15) is 4.79 Å². The molecule has 0 radical (unpaired) electrons. The lowest BCUT2D eigenvalue weighted by Crippen LogP contribution is -2.37. The Morgan fingerprint density at radius 2 is 2.14 bits per heavy atom. The Kier molecular flexibility index (Phi) is 4.50. The van der Waals surface area contributed by atoms with E-state index in [1.165, 1.54) is 12.8 Å². The maximum Gasteiger partial charge on any atom is 0.228 e. The normalized spacial score (nSPS) is 21.8. The molecule has 0 unspecified atom stereocenters. The molecule has 1 aliphatic carbocycles. The number of carbonyl (C=O) groups excluding carboxylic acids is 1. The van der Waals surface area contributed by atoms with Crippen molar-refractivity contribution < 1.29 is 9.53 Å². The number of aromatic nitrogens is 3. The van der Waals surface area contributed by atoms with Crippen molar-refractivity contribution in [3.63, 3.8) is 0 Å². The summed E-state index contributed by atoms with van der Waals surface area (Å²) >= 11 is 0. The van der Waals surface area contributed by atoms with Crippen LogP contribution in [0.3, 0.4) is 0 Å². The van der Waals surface area contributed by atoms with E-state index in [2.05, 4.69) is 40.3 Å². The Bertz CT molecular complexity index is 1000. The van der Waals surface area contributed by atoms with E-state index in [0.717, 1.165) is 54.5 Å². The number of nitrogens with zero attached hydrogens (tertiary/aromatic N) is 4. The Morgan fingerprint density at radius 3 is 2.83 bits per heavy atom. The topological polar surface area (TPSA) is 83.8 Å². The zero-order chi connectivity index (χ0) is 20.0. The van der Waals surface area contributed by atoms with Crippen LogP contribution in [0.1, 0.15) is 37.7 Å². The van der Waals surface area contributed by atoms with Crippen molar-refractivity contribution in [1.29, 1.82) is 0 Å². The molecule has 2 N–H and O–H groups in total. The Balaban J connectivity index is 1.56. The molecular weight excluding hydrogens is 368 g/mol. The number of fused-ring (bicyclic) bond motifs is 1. The van der Waals surface area contributed by atoms with Crippen molar-refractivity contribution in [2.24, 2.45) is 0 Å². The van der Waals surface area contributed by atoms with E-state index >= 15 is 0 Å². The third kappa shape index (κ3) is 3.60. The van der Waals surface area contributed by atoms with Crippen LogP contribution in [0.15, 0.2) is 30.1 Å². The lowest BCUT2D eigenvalue weighted by molar-refractivity contribution is -0.118. The summed E-state index contributed by atoms with van der Waals surface area (Å²) in [6, 6.07) is 3.00. The van der Waals surface area contributed by atoms with Gasteiger partial charge < -0.3 is 20.3 Å². The van der Waals surface area contributed by atoms with Crippen LogP contribution in [-0.4, -0.2) is 52.9 Å². The summed E-state index contributed by atoms with van der Waals surface area (Å²) in [6.07, 6.45) is 8.47. The van der Waals surface area contributed by atoms with E-state index in [0.29, 0.717) is 24.2 Å². The molecule has 4 heterocycles. The zero-order valence-corrected chi connectivity index (χ0v) is 16.6. The van der Waals surface area contributed by atoms with Crippen molar-refractivity contribution in [3.05, 3.63) is 35.7 Å². The zero-order valence-electron chi connectivity index (χ0n) is 16.6. The highest BCUT2D eigenvalue weighted by molar-refractivity contribution is 5.89. The molecule has 3 aliphatic rings. The summed E-state index contributed by atoms with van der Waals surface area (Å²) in [5.74, 6) is 1.85. The van der Waals surface area contributed by atoms with Crippen LogP contribution in [-0.2, 0) is 9.53 Å². The monoisotopic (exact) mass is 394 g/mol. The van der Waals surface area contributed by atoms with Gasteiger partial charge in [0.1, 0.15) is 11.6 Å². The summed E-state index contributed by atoms with van der Waals surface area (Å²) in [4.78, 5) is 18.9. The third-order valence-corrected chi connectivity index (χ3v) is 5.87. The van der Waals surface area contributed by atoms with Crippen LogP contribution < -0.4 is 15.5 Å². The van der Waals surface area contributed by atoms with Gasteiger partial charge in [0.25, 0.3) is 0 Å². The van der Waals surface area contributed by atoms with Crippen molar-refractivity contribution in [3.8, 4) is 0 Å². The highest BCUT2D eigenvalue weighted by atomic mass is 16.5. The first-order chi connectivity index (χ1) is 14.1. The molecule has 0 bridgehead atoms. The standard InChI is InChI=1S/C21H26N6O2/c1-13-14(10-20(28)23-13)9-15-12-22-27-19(24-16-3-4-16)11-18(25-21(15)27)26(2)17-5-7-29-8-6-17/h9,11-12,16-17,24H,1,3-8,10H2,2H3,(H,23,28)/b14-9+. The van der Waals surface area contributed by atoms with Gasteiger partial charge in [-0.15, -0.1) is 0 Å². The Hall–Kier alpha value is -2.87. The van der Waals surface area contributed by atoms with Crippen molar-refractivity contribution >= 4 is 29.3 Å². The molecule has 8 heteroatoms. The quantitative estimate of drug-likeness (QED) is 0.810. The molecular formula is C21H26N6O2. The minimum Gasteiger partial charge on any atom is -0.381 e. The van der Waals surface area contributed by atoms with Crippen molar-refractivity contribution in [1.82, 2.24) is 19.9 Å². The van der Waals surface area contributed by atoms with Gasteiger partial charge in [-0.3, -0.25) is 4.79 Å². The average Bonchev–Trinajstić information content (AvgIpc) is 3.36. The van der Waals surface area contributed by atoms with Crippen LogP contribution in [0.5, 0.6) is 0 Å². The Labute approximate surface area is 169 Å². The molecule has 2 aromatic heterocycles. The van der Waals surface area contributed by atoms with Crippen LogP contribution in [0.25, 0.3) is 11.7 Å². The molecule has 0 aromatic carbocycles. The van der Waals surface area contributed by atoms with E-state index in [1.807, 2.05) is 16.8 Å². The number of anilines is 2. The predicted octanol–water partition coefficient (Wildman–Crippen LogP) is 2.34. The number of ether oxygens (including phenoxy) is 1. The number of carbonyl (C=O) groups is 1. The largest absolute Gasteiger partial charge is 0.381 e. The summed E-state index contributed by atoms with van der Waals surface area (Å²) in [7, 11) is 2.10. The molecule has 5 rings (SSSR count). The van der Waals surface area contributed by atoms with E-state index in [-0.39, 0.29) is 5.91 Å². The molecule has 3 fully saturated rings. The SMILES string of the molecule is C=C1NC(=O)C/C1=C\c1cnn2c(NC3CC3)cc(N(C)C3CCOCC3)nc12. The number of rotatable bonds is 5. The van der Waals surface area contributed by atoms with Gasteiger partial charge in [-0.25, -0.2) is 4.98 Å². The van der Waals surface area contributed by atoms with E-state index in [4.69, 9.17) is 9.72 Å². The molecule has 0 spiro atoms. The molecule has 1 amide bonds. The highest BCUT2D eigenvalue weighted by Gasteiger charge is 2.26. The van der Waals surface area contributed by atoms with Gasteiger partial charge in [0.2, 0.25) is 5.91 Å². The fourth-order valence-corrected chi connectivity index (χ4v) is 3.95.